The first-order valence-electron chi connectivity index (χ1n) is 4.77. The number of amides is 1. The Morgan fingerprint density at radius 3 is 2.71 bits per heavy atom. The van der Waals surface area contributed by atoms with Gasteiger partial charge in [-0.2, -0.15) is 0 Å². The van der Waals surface area contributed by atoms with E-state index in [0.717, 1.165) is 11.3 Å². The number of nitrogens with two attached hydrogens (primary N) is 1. The van der Waals surface area contributed by atoms with E-state index >= 15 is 0 Å². The number of ether oxygens (including phenoxy) is 1. The van der Waals surface area contributed by atoms with Crippen LogP contribution >= 0.6 is 11.3 Å². The molecule has 0 aliphatic heterocycles. The molecule has 2 unspecified atom stereocenters. The number of aliphatic hydroxyl groups excluding tert-OH is 2. The number of esters is 1. The van der Waals surface area contributed by atoms with Crippen LogP contribution in [0.3, 0.4) is 0 Å². The minimum Gasteiger partial charge on any atom is -0.465 e. The number of aliphatic hydroxyl groups is 2. The molecule has 0 saturated carbocycles. The van der Waals surface area contributed by atoms with Crippen LogP contribution in [0, 0.1) is 0 Å². The van der Waals surface area contributed by atoms with Gasteiger partial charge in [0.25, 0.3) is 0 Å². The largest absolute Gasteiger partial charge is 0.465 e. The van der Waals surface area contributed by atoms with Gasteiger partial charge in [-0.15, -0.1) is 11.3 Å². The van der Waals surface area contributed by atoms with E-state index in [1.54, 1.807) is 5.38 Å². The summed E-state index contributed by atoms with van der Waals surface area (Å²) < 4.78 is 4.53. The Morgan fingerprint density at radius 1 is 1.53 bits per heavy atom. The van der Waals surface area contributed by atoms with Crippen LogP contribution in [0.5, 0.6) is 0 Å². The Hall–Kier alpha value is -1.44. The molecule has 0 aliphatic carbocycles. The quantitative estimate of drug-likeness (QED) is 0.634. The zero-order valence-electron chi connectivity index (χ0n) is 9.12. The van der Waals surface area contributed by atoms with Crippen molar-refractivity contribution in [3.63, 3.8) is 0 Å². The van der Waals surface area contributed by atoms with E-state index in [0.29, 0.717) is 0 Å². The van der Waals surface area contributed by atoms with E-state index in [-0.39, 0.29) is 16.9 Å². The number of carbonyl (C=O) groups excluding carboxylic acids is 2. The summed E-state index contributed by atoms with van der Waals surface area (Å²) in [6.45, 7) is 0. The van der Waals surface area contributed by atoms with Gasteiger partial charge in [-0.05, 0) is 11.4 Å². The van der Waals surface area contributed by atoms with Gasteiger partial charge >= 0.3 is 5.97 Å². The Morgan fingerprint density at radius 2 is 2.18 bits per heavy atom. The third-order valence-electron chi connectivity index (χ3n) is 2.16. The fourth-order valence-electron chi connectivity index (χ4n) is 1.34. The van der Waals surface area contributed by atoms with E-state index < -0.39 is 24.1 Å². The summed E-state index contributed by atoms with van der Waals surface area (Å²) in [6.07, 6.45) is -3.06. The summed E-state index contributed by atoms with van der Waals surface area (Å²) in [5.41, 5.74) is 5.14. The van der Waals surface area contributed by atoms with Gasteiger partial charge in [0.05, 0.1) is 19.6 Å². The Bertz CT molecular complexity index is 417. The third kappa shape index (κ3) is 3.26. The van der Waals surface area contributed by atoms with Crippen LogP contribution in [0.4, 0.5) is 0 Å². The fraction of sp³-hybridized carbons (Fsp3) is 0.400. The number of primary amides is 1. The molecule has 1 rings (SSSR count). The van der Waals surface area contributed by atoms with Crippen molar-refractivity contribution >= 4 is 23.2 Å². The maximum absolute atomic E-state index is 11.3. The minimum absolute atomic E-state index is 0.198. The first-order valence-corrected chi connectivity index (χ1v) is 5.65. The van der Waals surface area contributed by atoms with Gasteiger partial charge in [0.15, 0.2) is 0 Å². The van der Waals surface area contributed by atoms with Crippen molar-refractivity contribution in [3.05, 3.63) is 21.9 Å². The number of rotatable bonds is 5. The number of hydrogen-bond donors (Lipinski definition) is 3. The molecule has 0 fully saturated rings. The Balaban J connectivity index is 2.88. The third-order valence-corrected chi connectivity index (χ3v) is 3.07. The van der Waals surface area contributed by atoms with Crippen LogP contribution in [0.2, 0.25) is 0 Å². The van der Waals surface area contributed by atoms with Crippen molar-refractivity contribution in [1.29, 1.82) is 0 Å². The van der Waals surface area contributed by atoms with Gasteiger partial charge < -0.3 is 20.7 Å². The molecule has 0 spiro atoms. The molecule has 0 radical (unpaired) electrons. The molecule has 1 heterocycles. The second-order valence-corrected chi connectivity index (χ2v) is 4.30. The van der Waals surface area contributed by atoms with Gasteiger partial charge in [0, 0.05) is 5.56 Å². The lowest BCUT2D eigenvalue weighted by atomic mass is 10.0. The molecule has 0 saturated heterocycles. The van der Waals surface area contributed by atoms with Crippen molar-refractivity contribution in [1.82, 2.24) is 0 Å². The molecule has 0 aliphatic rings. The van der Waals surface area contributed by atoms with Crippen LogP contribution in [0.25, 0.3) is 0 Å². The molecule has 94 valence electrons. The molecule has 2 atom stereocenters. The number of carbonyl (C=O) groups is 2. The zero-order chi connectivity index (χ0) is 13.0. The van der Waals surface area contributed by atoms with E-state index in [1.807, 2.05) is 0 Å². The molecule has 17 heavy (non-hydrogen) atoms. The van der Waals surface area contributed by atoms with E-state index in [9.17, 15) is 19.8 Å². The average Bonchev–Trinajstić information content (AvgIpc) is 2.74. The van der Waals surface area contributed by atoms with E-state index in [1.165, 1.54) is 13.2 Å². The van der Waals surface area contributed by atoms with Crippen molar-refractivity contribution in [2.45, 2.75) is 18.6 Å². The first kappa shape index (κ1) is 13.6. The zero-order valence-corrected chi connectivity index (χ0v) is 9.94. The SMILES string of the molecule is COC(=O)c1sccc1C(O)C(O)CC(N)=O. The lowest BCUT2D eigenvalue weighted by Crippen LogP contribution is -2.26. The summed E-state index contributed by atoms with van der Waals surface area (Å²) in [5.74, 6) is -1.33. The first-order chi connectivity index (χ1) is 7.97. The predicted molar refractivity (Wildman–Crippen MR) is 60.4 cm³/mol. The maximum atomic E-state index is 11.3. The number of thiophene rings is 1. The molecule has 1 amide bonds. The monoisotopic (exact) mass is 259 g/mol. The minimum atomic E-state index is -1.34. The van der Waals surface area contributed by atoms with Gasteiger partial charge in [-0.1, -0.05) is 0 Å². The molecule has 1 aromatic rings. The summed E-state index contributed by atoms with van der Waals surface area (Å²) in [5, 5.41) is 20.9. The molecule has 1 aromatic heterocycles. The molecular weight excluding hydrogens is 246 g/mol. The van der Waals surface area contributed by atoms with Crippen LogP contribution < -0.4 is 5.73 Å². The van der Waals surface area contributed by atoms with Crippen LogP contribution in [0.1, 0.15) is 27.8 Å². The highest BCUT2D eigenvalue weighted by Gasteiger charge is 2.26. The van der Waals surface area contributed by atoms with Gasteiger partial charge in [0.1, 0.15) is 11.0 Å². The second kappa shape index (κ2) is 5.76. The van der Waals surface area contributed by atoms with Crippen molar-refractivity contribution in [3.8, 4) is 0 Å². The Kier molecular flexibility index (Phi) is 4.62. The molecular formula is C10H13NO5S. The summed E-state index contributed by atoms with van der Waals surface area (Å²) in [7, 11) is 1.22. The normalized spacial score (nSPS) is 14.1. The smallest absolute Gasteiger partial charge is 0.348 e. The van der Waals surface area contributed by atoms with Crippen molar-refractivity contribution in [2.24, 2.45) is 5.73 Å². The van der Waals surface area contributed by atoms with Gasteiger partial charge in [0.2, 0.25) is 5.91 Å². The lowest BCUT2D eigenvalue weighted by molar-refractivity contribution is -0.121. The molecule has 4 N–H and O–H groups in total. The van der Waals surface area contributed by atoms with Crippen LogP contribution in [-0.2, 0) is 9.53 Å². The molecule has 0 aromatic carbocycles. The van der Waals surface area contributed by atoms with E-state index in [4.69, 9.17) is 5.73 Å². The highest BCUT2D eigenvalue weighted by Crippen LogP contribution is 2.27. The molecule has 6 nitrogen and oxygen atoms in total. The van der Waals surface area contributed by atoms with Crippen LogP contribution in [-0.4, -0.2) is 35.3 Å². The highest BCUT2D eigenvalue weighted by atomic mass is 32.1. The maximum Gasteiger partial charge on any atom is 0.348 e. The fourth-order valence-corrected chi connectivity index (χ4v) is 2.19. The van der Waals surface area contributed by atoms with Gasteiger partial charge in [-0.25, -0.2) is 4.79 Å². The number of methoxy groups -OCH3 is 1. The second-order valence-electron chi connectivity index (χ2n) is 3.38. The summed E-state index contributed by atoms with van der Waals surface area (Å²) in [4.78, 5) is 22.2. The average molecular weight is 259 g/mol. The Labute approximate surface area is 102 Å². The lowest BCUT2D eigenvalue weighted by Gasteiger charge is -2.16. The molecule has 7 heteroatoms. The predicted octanol–water partition coefficient (Wildman–Crippen LogP) is -0.196. The summed E-state index contributed by atoms with van der Waals surface area (Å²) >= 11 is 1.09. The topological polar surface area (TPSA) is 110 Å². The van der Waals surface area contributed by atoms with Crippen molar-refractivity contribution < 1.29 is 24.5 Å². The summed E-state index contributed by atoms with van der Waals surface area (Å²) in [6, 6.07) is 1.49. The van der Waals surface area contributed by atoms with Crippen LogP contribution in [0.15, 0.2) is 11.4 Å². The highest BCUT2D eigenvalue weighted by molar-refractivity contribution is 7.12. The number of hydrogen-bond acceptors (Lipinski definition) is 6. The van der Waals surface area contributed by atoms with Gasteiger partial charge in [-0.3, -0.25) is 4.79 Å². The standard InChI is InChI=1S/C10H13NO5S/c1-16-10(15)9-5(2-3-17-9)8(14)6(12)4-7(11)13/h2-3,6,8,12,14H,4H2,1H3,(H2,11,13). The molecule has 0 bridgehead atoms. The van der Waals surface area contributed by atoms with E-state index in [2.05, 4.69) is 4.74 Å². The van der Waals surface area contributed by atoms with Crippen molar-refractivity contribution in [2.75, 3.05) is 7.11 Å².